The summed E-state index contributed by atoms with van der Waals surface area (Å²) >= 11 is 0. The molecule has 24 heavy (non-hydrogen) atoms. The fourth-order valence-corrected chi connectivity index (χ4v) is 3.29. The number of amides is 1. The Morgan fingerprint density at radius 1 is 1.00 bits per heavy atom. The Balaban J connectivity index is 1.64. The Morgan fingerprint density at radius 3 is 2.08 bits per heavy atom. The van der Waals surface area contributed by atoms with Crippen LogP contribution in [0, 0.1) is 0 Å². The SMILES string of the molecule is CC1(C)OB(c2ccc(C(=O)NC3CCCCC3)cc2)OC1(C)C. The first-order valence-corrected chi connectivity index (χ1v) is 9.05. The molecule has 0 spiro atoms. The van der Waals surface area contributed by atoms with E-state index in [1.807, 2.05) is 52.0 Å². The molecule has 0 radical (unpaired) electrons. The molecule has 1 heterocycles. The molecule has 1 aromatic rings. The average Bonchev–Trinajstić information content (AvgIpc) is 2.76. The fraction of sp³-hybridized carbons (Fsp3) is 0.632. The van der Waals surface area contributed by atoms with Crippen LogP contribution in [-0.2, 0) is 9.31 Å². The highest BCUT2D eigenvalue weighted by Gasteiger charge is 2.51. The summed E-state index contributed by atoms with van der Waals surface area (Å²) in [7, 11) is -0.384. The van der Waals surface area contributed by atoms with E-state index in [2.05, 4.69) is 5.32 Å². The third-order valence-electron chi connectivity index (χ3n) is 5.64. The molecule has 1 aliphatic carbocycles. The van der Waals surface area contributed by atoms with Gasteiger partial charge in [0.15, 0.2) is 0 Å². The highest BCUT2D eigenvalue weighted by Crippen LogP contribution is 2.36. The number of carbonyl (C=O) groups is 1. The number of hydrogen-bond donors (Lipinski definition) is 1. The van der Waals surface area contributed by atoms with Crippen LogP contribution in [0.15, 0.2) is 24.3 Å². The van der Waals surface area contributed by atoms with Crippen LogP contribution in [0.25, 0.3) is 0 Å². The third-order valence-corrected chi connectivity index (χ3v) is 5.64. The van der Waals surface area contributed by atoms with Gasteiger partial charge in [-0.1, -0.05) is 31.4 Å². The van der Waals surface area contributed by atoms with Crippen molar-refractivity contribution in [1.29, 1.82) is 0 Å². The molecule has 2 aliphatic rings. The van der Waals surface area contributed by atoms with Gasteiger partial charge in [0.05, 0.1) is 11.2 Å². The Hall–Kier alpha value is -1.33. The molecule has 1 amide bonds. The lowest BCUT2D eigenvalue weighted by Gasteiger charge is -2.32. The molecule has 130 valence electrons. The van der Waals surface area contributed by atoms with Gasteiger partial charge >= 0.3 is 7.12 Å². The Kier molecular flexibility index (Phi) is 4.76. The van der Waals surface area contributed by atoms with Gasteiger partial charge in [-0.2, -0.15) is 0 Å². The van der Waals surface area contributed by atoms with Gasteiger partial charge in [0.1, 0.15) is 0 Å². The molecule has 3 rings (SSSR count). The maximum atomic E-state index is 12.4. The van der Waals surface area contributed by atoms with E-state index in [0.29, 0.717) is 11.6 Å². The minimum Gasteiger partial charge on any atom is -0.399 e. The lowest BCUT2D eigenvalue weighted by molar-refractivity contribution is 0.00578. The van der Waals surface area contributed by atoms with Crippen LogP contribution < -0.4 is 10.8 Å². The van der Waals surface area contributed by atoms with Gasteiger partial charge < -0.3 is 14.6 Å². The second-order valence-electron chi connectivity index (χ2n) is 8.02. The first kappa shape index (κ1) is 17.5. The summed E-state index contributed by atoms with van der Waals surface area (Å²) < 4.78 is 12.1. The number of carbonyl (C=O) groups excluding carboxylic acids is 1. The van der Waals surface area contributed by atoms with E-state index in [1.54, 1.807) is 0 Å². The summed E-state index contributed by atoms with van der Waals surface area (Å²) in [6.45, 7) is 8.16. The van der Waals surface area contributed by atoms with Gasteiger partial charge in [-0.05, 0) is 58.1 Å². The zero-order chi connectivity index (χ0) is 17.4. The monoisotopic (exact) mass is 329 g/mol. The maximum Gasteiger partial charge on any atom is 0.494 e. The van der Waals surface area contributed by atoms with Crippen LogP contribution in [-0.4, -0.2) is 30.3 Å². The van der Waals surface area contributed by atoms with Gasteiger partial charge in [-0.25, -0.2) is 0 Å². The number of benzene rings is 1. The lowest BCUT2D eigenvalue weighted by Crippen LogP contribution is -2.41. The molecule has 1 N–H and O–H groups in total. The van der Waals surface area contributed by atoms with Crippen LogP contribution in [0.4, 0.5) is 0 Å². The molecule has 0 atom stereocenters. The molecule has 0 bridgehead atoms. The first-order valence-electron chi connectivity index (χ1n) is 9.05. The van der Waals surface area contributed by atoms with Crippen molar-refractivity contribution in [3.63, 3.8) is 0 Å². The fourth-order valence-electron chi connectivity index (χ4n) is 3.29. The van der Waals surface area contributed by atoms with Gasteiger partial charge in [-0.3, -0.25) is 4.79 Å². The lowest BCUT2D eigenvalue weighted by atomic mass is 9.79. The quantitative estimate of drug-likeness (QED) is 0.867. The number of hydrogen-bond acceptors (Lipinski definition) is 3. The normalized spacial score (nSPS) is 23.2. The van der Waals surface area contributed by atoms with E-state index in [4.69, 9.17) is 9.31 Å². The van der Waals surface area contributed by atoms with E-state index in [-0.39, 0.29) is 24.2 Å². The van der Waals surface area contributed by atoms with Crippen LogP contribution in [0.2, 0.25) is 0 Å². The van der Waals surface area contributed by atoms with E-state index in [1.165, 1.54) is 19.3 Å². The number of nitrogens with one attached hydrogen (secondary N) is 1. The van der Waals surface area contributed by atoms with Crippen LogP contribution in [0.3, 0.4) is 0 Å². The second kappa shape index (κ2) is 6.53. The molecule has 1 aromatic carbocycles. The van der Waals surface area contributed by atoms with Gasteiger partial charge in [-0.15, -0.1) is 0 Å². The Morgan fingerprint density at radius 2 is 1.54 bits per heavy atom. The summed E-state index contributed by atoms with van der Waals surface area (Å²) in [5, 5.41) is 3.15. The largest absolute Gasteiger partial charge is 0.494 e. The van der Waals surface area contributed by atoms with Crippen molar-refractivity contribution < 1.29 is 14.1 Å². The summed E-state index contributed by atoms with van der Waals surface area (Å²) in [5.74, 6) is 0.0161. The number of rotatable bonds is 3. The molecule has 0 unspecified atom stereocenters. The molecule has 1 saturated heterocycles. The predicted molar refractivity (Wildman–Crippen MR) is 96.5 cm³/mol. The topological polar surface area (TPSA) is 47.6 Å². The standard InChI is InChI=1S/C19H28BNO3/c1-18(2)19(3,4)24-20(23-18)15-12-10-14(11-13-15)17(22)21-16-8-6-5-7-9-16/h10-13,16H,5-9H2,1-4H3,(H,21,22). The van der Waals surface area contributed by atoms with E-state index in [0.717, 1.165) is 18.3 Å². The van der Waals surface area contributed by atoms with Crippen LogP contribution in [0.5, 0.6) is 0 Å². The molecule has 2 fully saturated rings. The molecule has 1 aliphatic heterocycles. The first-order chi connectivity index (χ1) is 11.3. The predicted octanol–water partition coefficient (Wildman–Crippen LogP) is 3.05. The highest BCUT2D eigenvalue weighted by atomic mass is 16.7. The van der Waals surface area contributed by atoms with Crippen molar-refractivity contribution in [3.8, 4) is 0 Å². The molecule has 1 saturated carbocycles. The van der Waals surface area contributed by atoms with Crippen molar-refractivity contribution in [2.45, 2.75) is 77.0 Å². The zero-order valence-corrected chi connectivity index (χ0v) is 15.2. The highest BCUT2D eigenvalue weighted by molar-refractivity contribution is 6.62. The summed E-state index contributed by atoms with van der Waals surface area (Å²) in [5.41, 5.74) is 0.937. The molecule has 5 heteroatoms. The molecular formula is C19H28BNO3. The Labute approximate surface area is 145 Å². The van der Waals surface area contributed by atoms with Crippen molar-refractivity contribution in [2.75, 3.05) is 0 Å². The minimum absolute atomic E-state index is 0.0161. The summed E-state index contributed by atoms with van der Waals surface area (Å²) in [6, 6.07) is 7.90. The van der Waals surface area contributed by atoms with Crippen molar-refractivity contribution >= 4 is 18.5 Å². The summed E-state index contributed by atoms with van der Waals surface area (Å²) in [6.07, 6.45) is 5.91. The van der Waals surface area contributed by atoms with E-state index >= 15 is 0 Å². The average molecular weight is 329 g/mol. The van der Waals surface area contributed by atoms with Gasteiger partial charge in [0.25, 0.3) is 5.91 Å². The Bertz CT molecular complexity index is 575. The van der Waals surface area contributed by atoms with E-state index in [9.17, 15) is 4.79 Å². The van der Waals surface area contributed by atoms with Crippen LogP contribution in [0.1, 0.15) is 70.2 Å². The van der Waals surface area contributed by atoms with E-state index < -0.39 is 0 Å². The maximum absolute atomic E-state index is 12.4. The molecular weight excluding hydrogens is 301 g/mol. The van der Waals surface area contributed by atoms with Gasteiger partial charge in [0.2, 0.25) is 0 Å². The second-order valence-corrected chi connectivity index (χ2v) is 8.02. The minimum atomic E-state index is -0.384. The van der Waals surface area contributed by atoms with Crippen molar-refractivity contribution in [3.05, 3.63) is 29.8 Å². The molecule has 0 aromatic heterocycles. The summed E-state index contributed by atoms with van der Waals surface area (Å²) in [4.78, 5) is 12.4. The molecule has 4 nitrogen and oxygen atoms in total. The van der Waals surface area contributed by atoms with Crippen LogP contribution >= 0.6 is 0 Å². The smallest absolute Gasteiger partial charge is 0.399 e. The van der Waals surface area contributed by atoms with Crippen molar-refractivity contribution in [1.82, 2.24) is 5.32 Å². The van der Waals surface area contributed by atoms with Crippen molar-refractivity contribution in [2.24, 2.45) is 0 Å². The van der Waals surface area contributed by atoms with Gasteiger partial charge in [0, 0.05) is 11.6 Å². The zero-order valence-electron chi connectivity index (χ0n) is 15.2. The third kappa shape index (κ3) is 3.52.